The third-order valence-electron chi connectivity index (χ3n) is 6.56. The van der Waals surface area contributed by atoms with E-state index in [0.717, 1.165) is 15.4 Å². The summed E-state index contributed by atoms with van der Waals surface area (Å²) in [6.07, 6.45) is 1.49. The molecule has 0 atom stereocenters. The first-order chi connectivity index (χ1) is 20.8. The van der Waals surface area contributed by atoms with Gasteiger partial charge in [0.1, 0.15) is 5.58 Å². The standard InChI is InChI=1S/C32H21Br2ClN4O4/c1-18-6-2-4-8-25(18)37-29(40)17-42-30-23(34)12-19(13-24(30)35)16-36-39-31(38-26-9-5-3-7-22(26)32(39)41)28-15-20-14-21(33)10-11-27(20)43-28/h2-16H,17H2,1H3,(H,37,40). The summed E-state index contributed by atoms with van der Waals surface area (Å²) in [5.41, 5.74) is 3.04. The normalized spacial score (nSPS) is 11.4. The topological polar surface area (TPSA) is 98.7 Å². The molecule has 8 nitrogen and oxygen atoms in total. The molecule has 4 aromatic carbocycles. The van der Waals surface area contributed by atoms with Crippen LogP contribution in [-0.4, -0.2) is 28.4 Å². The first-order valence-corrected chi connectivity index (χ1v) is 15.0. The third kappa shape index (κ3) is 6.13. The van der Waals surface area contributed by atoms with Crippen molar-refractivity contribution in [3.8, 4) is 17.3 Å². The molecule has 0 unspecified atom stereocenters. The van der Waals surface area contributed by atoms with Gasteiger partial charge in [0.05, 0.1) is 26.6 Å². The van der Waals surface area contributed by atoms with Crippen LogP contribution in [0.3, 0.4) is 0 Å². The van der Waals surface area contributed by atoms with Crippen molar-refractivity contribution in [2.75, 3.05) is 11.9 Å². The van der Waals surface area contributed by atoms with E-state index in [-0.39, 0.29) is 28.9 Å². The number of nitrogens with one attached hydrogen (secondary N) is 1. The number of nitrogens with zero attached hydrogens (tertiary/aromatic N) is 3. The van der Waals surface area contributed by atoms with E-state index in [0.29, 0.717) is 43.7 Å². The molecule has 0 radical (unpaired) electrons. The van der Waals surface area contributed by atoms with Gasteiger partial charge in [-0.15, -0.1) is 0 Å². The second-order valence-corrected chi connectivity index (χ2v) is 11.7. The van der Waals surface area contributed by atoms with Gasteiger partial charge in [-0.2, -0.15) is 9.78 Å². The van der Waals surface area contributed by atoms with Crippen molar-refractivity contribution in [2.24, 2.45) is 5.10 Å². The van der Waals surface area contributed by atoms with Crippen LogP contribution < -0.4 is 15.6 Å². The van der Waals surface area contributed by atoms with Crippen LogP contribution >= 0.6 is 43.5 Å². The molecule has 0 fully saturated rings. The van der Waals surface area contributed by atoms with Crippen molar-refractivity contribution >= 4 is 83.1 Å². The third-order valence-corrected chi connectivity index (χ3v) is 7.93. The number of aromatic nitrogens is 2. The Morgan fingerprint density at radius 1 is 1.07 bits per heavy atom. The number of carbonyl (C=O) groups excluding carboxylic acids is 1. The number of para-hydroxylation sites is 2. The summed E-state index contributed by atoms with van der Waals surface area (Å²) in [6, 6.07) is 25.3. The van der Waals surface area contributed by atoms with Crippen molar-refractivity contribution in [2.45, 2.75) is 6.92 Å². The molecule has 0 saturated heterocycles. The summed E-state index contributed by atoms with van der Waals surface area (Å²) >= 11 is 13.5. The fraction of sp³-hybridized carbons (Fsp3) is 0.0625. The molecule has 1 amide bonds. The second kappa shape index (κ2) is 12.2. The Balaban J connectivity index is 1.30. The van der Waals surface area contributed by atoms with E-state index in [1.54, 1.807) is 30.3 Å². The van der Waals surface area contributed by atoms with Gasteiger partial charge in [-0.05, 0) is 88.6 Å². The van der Waals surface area contributed by atoms with Gasteiger partial charge in [0, 0.05) is 15.5 Å². The summed E-state index contributed by atoms with van der Waals surface area (Å²) < 4.78 is 14.4. The lowest BCUT2D eigenvalue weighted by Crippen LogP contribution is -2.21. The van der Waals surface area contributed by atoms with E-state index in [2.05, 4.69) is 42.3 Å². The van der Waals surface area contributed by atoms with E-state index >= 15 is 0 Å². The number of ether oxygens (including phenoxy) is 1. The molecule has 6 rings (SSSR count). The molecule has 1 N–H and O–H groups in total. The molecule has 0 aliphatic rings. The van der Waals surface area contributed by atoms with E-state index in [1.165, 1.54) is 10.9 Å². The maximum atomic E-state index is 13.6. The van der Waals surface area contributed by atoms with Crippen LogP contribution in [0.1, 0.15) is 11.1 Å². The number of aryl methyl sites for hydroxylation is 1. The van der Waals surface area contributed by atoms with Gasteiger partial charge in [0.2, 0.25) is 5.82 Å². The van der Waals surface area contributed by atoms with E-state index in [4.69, 9.17) is 25.7 Å². The quantitative estimate of drug-likeness (QED) is 0.168. The van der Waals surface area contributed by atoms with E-state index in [1.807, 2.05) is 61.5 Å². The first kappa shape index (κ1) is 28.9. The number of carbonyl (C=O) groups is 1. The van der Waals surface area contributed by atoms with Crippen LogP contribution in [0.2, 0.25) is 5.02 Å². The molecule has 0 aliphatic carbocycles. The average Bonchev–Trinajstić information content (AvgIpc) is 3.40. The molecule has 0 bridgehead atoms. The Morgan fingerprint density at radius 2 is 1.86 bits per heavy atom. The Morgan fingerprint density at radius 3 is 2.67 bits per heavy atom. The zero-order valence-corrected chi connectivity index (χ0v) is 26.4. The second-order valence-electron chi connectivity index (χ2n) is 9.57. The van der Waals surface area contributed by atoms with Gasteiger partial charge in [0.15, 0.2) is 18.1 Å². The minimum absolute atomic E-state index is 0.240. The fourth-order valence-electron chi connectivity index (χ4n) is 4.47. The highest BCUT2D eigenvalue weighted by Crippen LogP contribution is 2.34. The molecule has 0 saturated carbocycles. The van der Waals surface area contributed by atoms with Gasteiger partial charge in [-0.1, -0.05) is 57.9 Å². The Labute approximate surface area is 267 Å². The number of benzene rings is 4. The number of amides is 1. The van der Waals surface area contributed by atoms with Crippen LogP contribution in [0.15, 0.2) is 108 Å². The number of rotatable bonds is 7. The average molecular weight is 721 g/mol. The number of hydrogen-bond donors (Lipinski definition) is 1. The van der Waals surface area contributed by atoms with Gasteiger partial charge < -0.3 is 14.5 Å². The minimum atomic E-state index is -0.358. The van der Waals surface area contributed by atoms with Crippen molar-refractivity contribution in [3.63, 3.8) is 0 Å². The largest absolute Gasteiger partial charge is 0.481 e. The molecular formula is C32H21Br2ClN4O4. The SMILES string of the molecule is Cc1ccccc1NC(=O)COc1c(Cl)cc(C=Nn2c(-c3cc4cc(Br)ccc4o3)nc3ccccc3c2=O)cc1Br. The number of hydrogen-bond acceptors (Lipinski definition) is 6. The van der Waals surface area contributed by atoms with Gasteiger partial charge in [-0.3, -0.25) is 9.59 Å². The lowest BCUT2D eigenvalue weighted by Gasteiger charge is -2.12. The van der Waals surface area contributed by atoms with Crippen LogP contribution in [0.25, 0.3) is 33.5 Å². The molecule has 43 heavy (non-hydrogen) atoms. The Hall–Kier alpha value is -4.25. The number of furan rings is 1. The molecule has 0 aliphatic heterocycles. The number of halogens is 3. The molecule has 2 aromatic heterocycles. The van der Waals surface area contributed by atoms with E-state index < -0.39 is 0 Å². The minimum Gasteiger partial charge on any atom is -0.481 e. The Kier molecular flexibility index (Phi) is 8.16. The highest BCUT2D eigenvalue weighted by molar-refractivity contribution is 9.10. The molecule has 0 spiro atoms. The van der Waals surface area contributed by atoms with Crippen LogP contribution in [0.4, 0.5) is 5.69 Å². The summed E-state index contributed by atoms with van der Waals surface area (Å²) in [4.78, 5) is 30.8. The fourth-order valence-corrected chi connectivity index (χ4v) is 5.84. The van der Waals surface area contributed by atoms with Crippen molar-refractivity contribution in [1.29, 1.82) is 0 Å². The number of anilines is 1. The zero-order valence-electron chi connectivity index (χ0n) is 22.5. The van der Waals surface area contributed by atoms with Crippen molar-refractivity contribution in [3.05, 3.63) is 120 Å². The summed E-state index contributed by atoms with van der Waals surface area (Å²) in [5.74, 6) is 0.617. The van der Waals surface area contributed by atoms with Gasteiger partial charge in [0.25, 0.3) is 11.5 Å². The van der Waals surface area contributed by atoms with Crippen molar-refractivity contribution in [1.82, 2.24) is 9.66 Å². The molecule has 6 aromatic rings. The molecule has 11 heteroatoms. The lowest BCUT2D eigenvalue weighted by atomic mass is 10.2. The Bertz CT molecular complexity index is 2100. The van der Waals surface area contributed by atoms with Gasteiger partial charge in [-0.25, -0.2) is 4.98 Å². The summed E-state index contributed by atoms with van der Waals surface area (Å²) in [5, 5.41) is 8.84. The maximum absolute atomic E-state index is 13.6. The highest BCUT2D eigenvalue weighted by Gasteiger charge is 2.17. The number of fused-ring (bicyclic) bond motifs is 2. The predicted molar refractivity (Wildman–Crippen MR) is 176 cm³/mol. The van der Waals surface area contributed by atoms with Crippen LogP contribution in [0.5, 0.6) is 5.75 Å². The molecule has 2 heterocycles. The van der Waals surface area contributed by atoms with E-state index in [9.17, 15) is 9.59 Å². The monoisotopic (exact) mass is 718 g/mol. The highest BCUT2D eigenvalue weighted by atomic mass is 79.9. The summed E-state index contributed by atoms with van der Waals surface area (Å²) in [6.45, 7) is 1.67. The lowest BCUT2D eigenvalue weighted by molar-refractivity contribution is -0.118. The van der Waals surface area contributed by atoms with Crippen LogP contribution in [0, 0.1) is 6.92 Å². The first-order valence-electron chi connectivity index (χ1n) is 13.0. The predicted octanol–water partition coefficient (Wildman–Crippen LogP) is 8.20. The van der Waals surface area contributed by atoms with Gasteiger partial charge >= 0.3 is 0 Å². The maximum Gasteiger partial charge on any atom is 0.282 e. The molecule has 214 valence electrons. The molecular weight excluding hydrogens is 700 g/mol. The summed E-state index contributed by atoms with van der Waals surface area (Å²) in [7, 11) is 0. The van der Waals surface area contributed by atoms with Crippen molar-refractivity contribution < 1.29 is 13.9 Å². The smallest absolute Gasteiger partial charge is 0.282 e. The van der Waals surface area contributed by atoms with Crippen LogP contribution in [-0.2, 0) is 4.79 Å². The zero-order chi connectivity index (χ0) is 30.1.